The second-order valence-electron chi connectivity index (χ2n) is 2.19. The van der Waals surface area contributed by atoms with Crippen LogP contribution in [-0.2, 0) is 0 Å². The highest BCUT2D eigenvalue weighted by atomic mass is 16.6. The first-order valence-electron chi connectivity index (χ1n) is 3.04. The van der Waals surface area contributed by atoms with Crippen LogP contribution in [0.15, 0.2) is 17.3 Å². The summed E-state index contributed by atoms with van der Waals surface area (Å²) in [7, 11) is 0. The number of nitro groups is 1. The van der Waals surface area contributed by atoms with Crippen LogP contribution < -0.4 is 0 Å². The average Bonchev–Trinajstić information content (AvgIpc) is 1.88. The smallest absolute Gasteiger partial charge is 0.254 e. The zero-order valence-electron chi connectivity index (χ0n) is 5.65. The molecule has 0 N–H and O–H groups in total. The van der Waals surface area contributed by atoms with Crippen molar-refractivity contribution in [2.75, 3.05) is 0 Å². The number of hydrogen-bond acceptors (Lipinski definition) is 3. The lowest BCUT2D eigenvalue weighted by atomic mass is 10.1. The van der Waals surface area contributed by atoms with Gasteiger partial charge in [0.25, 0.3) is 6.04 Å². The summed E-state index contributed by atoms with van der Waals surface area (Å²) >= 11 is 0. The van der Waals surface area contributed by atoms with Crippen LogP contribution in [0.3, 0.4) is 0 Å². The number of hydrogen-bond donors (Lipinski definition) is 0. The van der Waals surface area contributed by atoms with E-state index in [-0.39, 0.29) is 4.92 Å². The summed E-state index contributed by atoms with van der Waals surface area (Å²) in [6.07, 6.45) is 3.79. The molecule has 1 unspecified atom stereocenters. The van der Waals surface area contributed by atoms with Gasteiger partial charge in [-0.3, -0.25) is 15.1 Å². The molecule has 0 aliphatic carbocycles. The topological polar surface area (TPSA) is 55.5 Å². The SMILES string of the molecule is CC1=NC=CCC1[N+](=O)[O-]. The number of rotatable bonds is 1. The molecule has 1 heterocycles. The Morgan fingerprint density at radius 3 is 3.00 bits per heavy atom. The van der Waals surface area contributed by atoms with E-state index in [4.69, 9.17) is 0 Å². The Kier molecular flexibility index (Phi) is 1.80. The van der Waals surface area contributed by atoms with Crippen molar-refractivity contribution in [3.05, 3.63) is 22.4 Å². The van der Waals surface area contributed by atoms with Crippen LogP contribution >= 0.6 is 0 Å². The molecule has 0 saturated carbocycles. The summed E-state index contributed by atoms with van der Waals surface area (Å²) in [4.78, 5) is 13.8. The fraction of sp³-hybridized carbons (Fsp3) is 0.500. The monoisotopic (exact) mass is 140 g/mol. The van der Waals surface area contributed by atoms with Crippen LogP contribution in [0.2, 0.25) is 0 Å². The van der Waals surface area contributed by atoms with E-state index >= 15 is 0 Å². The molecule has 0 bridgehead atoms. The fourth-order valence-corrected chi connectivity index (χ4v) is 0.855. The Hall–Kier alpha value is -1.19. The van der Waals surface area contributed by atoms with Gasteiger partial charge in [0.1, 0.15) is 0 Å². The van der Waals surface area contributed by atoms with E-state index in [2.05, 4.69) is 4.99 Å². The standard InChI is InChI=1S/C6H8N2O2/c1-5-6(8(9)10)3-2-4-7-5/h2,4,6H,3H2,1H3. The zero-order chi connectivity index (χ0) is 7.56. The van der Waals surface area contributed by atoms with Crippen molar-refractivity contribution >= 4 is 5.71 Å². The highest BCUT2D eigenvalue weighted by Crippen LogP contribution is 2.06. The van der Waals surface area contributed by atoms with Crippen molar-refractivity contribution in [1.29, 1.82) is 0 Å². The van der Waals surface area contributed by atoms with Crippen LogP contribution in [0.25, 0.3) is 0 Å². The van der Waals surface area contributed by atoms with Gasteiger partial charge in [-0.25, -0.2) is 0 Å². The summed E-state index contributed by atoms with van der Waals surface area (Å²) in [6, 6.07) is -0.593. The maximum atomic E-state index is 10.3. The van der Waals surface area contributed by atoms with E-state index in [1.165, 1.54) is 0 Å². The molecular weight excluding hydrogens is 132 g/mol. The highest BCUT2D eigenvalue weighted by molar-refractivity contribution is 5.87. The Bertz CT molecular complexity index is 208. The van der Waals surface area contributed by atoms with Crippen molar-refractivity contribution < 1.29 is 4.92 Å². The second kappa shape index (κ2) is 2.60. The lowest BCUT2D eigenvalue weighted by Crippen LogP contribution is -2.27. The van der Waals surface area contributed by atoms with Crippen LogP contribution in [0.1, 0.15) is 13.3 Å². The van der Waals surface area contributed by atoms with Gasteiger partial charge in [-0.2, -0.15) is 0 Å². The van der Waals surface area contributed by atoms with Gasteiger partial charge in [0.15, 0.2) is 0 Å². The molecule has 1 aliphatic rings. The van der Waals surface area contributed by atoms with Crippen molar-refractivity contribution in [1.82, 2.24) is 0 Å². The van der Waals surface area contributed by atoms with Gasteiger partial charge in [-0.1, -0.05) is 6.08 Å². The first kappa shape index (κ1) is 6.92. The Labute approximate surface area is 58.4 Å². The molecule has 0 fully saturated rings. The largest absolute Gasteiger partial charge is 0.264 e. The summed E-state index contributed by atoms with van der Waals surface area (Å²) < 4.78 is 0. The fourth-order valence-electron chi connectivity index (χ4n) is 0.855. The molecule has 0 spiro atoms. The van der Waals surface area contributed by atoms with Crippen LogP contribution in [0.4, 0.5) is 0 Å². The second-order valence-corrected chi connectivity index (χ2v) is 2.19. The Balaban J connectivity index is 2.73. The molecule has 1 aliphatic heterocycles. The van der Waals surface area contributed by atoms with E-state index in [0.717, 1.165) is 0 Å². The molecule has 0 radical (unpaired) electrons. The molecule has 4 heteroatoms. The van der Waals surface area contributed by atoms with Gasteiger partial charge in [0.2, 0.25) is 0 Å². The van der Waals surface area contributed by atoms with Gasteiger partial charge in [0.05, 0.1) is 5.71 Å². The molecule has 4 nitrogen and oxygen atoms in total. The summed E-state index contributed by atoms with van der Waals surface area (Å²) in [5.41, 5.74) is 0.590. The minimum Gasteiger partial charge on any atom is -0.264 e. The quantitative estimate of drug-likeness (QED) is 0.403. The predicted molar refractivity (Wildman–Crippen MR) is 37.6 cm³/mol. The van der Waals surface area contributed by atoms with Crippen molar-refractivity contribution in [3.63, 3.8) is 0 Å². The molecule has 1 atom stereocenters. The lowest BCUT2D eigenvalue weighted by molar-refractivity contribution is -0.502. The molecule has 0 aromatic heterocycles. The lowest BCUT2D eigenvalue weighted by Gasteiger charge is -2.07. The normalized spacial score (nSPS) is 24.1. The molecule has 10 heavy (non-hydrogen) atoms. The van der Waals surface area contributed by atoms with Crippen LogP contribution in [-0.4, -0.2) is 16.7 Å². The van der Waals surface area contributed by atoms with Crippen molar-refractivity contribution in [3.8, 4) is 0 Å². The zero-order valence-corrected chi connectivity index (χ0v) is 5.65. The number of nitrogens with zero attached hydrogens (tertiary/aromatic N) is 2. The first-order chi connectivity index (χ1) is 4.72. The van der Waals surface area contributed by atoms with E-state index in [0.29, 0.717) is 12.1 Å². The summed E-state index contributed by atoms with van der Waals surface area (Å²) in [5.74, 6) is 0. The van der Waals surface area contributed by atoms with Crippen molar-refractivity contribution in [2.24, 2.45) is 4.99 Å². The minimum atomic E-state index is -0.593. The molecule has 0 aromatic rings. The van der Waals surface area contributed by atoms with Gasteiger partial charge in [-0.05, 0) is 6.92 Å². The summed E-state index contributed by atoms with van der Waals surface area (Å²) in [6.45, 7) is 1.68. The molecular formula is C6H8N2O2. The minimum absolute atomic E-state index is 0.303. The molecule has 0 saturated heterocycles. The summed E-state index contributed by atoms with van der Waals surface area (Å²) in [5, 5.41) is 10.3. The van der Waals surface area contributed by atoms with Crippen LogP contribution in [0.5, 0.6) is 0 Å². The third-order valence-corrected chi connectivity index (χ3v) is 1.48. The molecule has 0 amide bonds. The third-order valence-electron chi connectivity index (χ3n) is 1.48. The van der Waals surface area contributed by atoms with Gasteiger partial charge in [-0.15, -0.1) is 0 Å². The van der Waals surface area contributed by atoms with E-state index in [1.54, 1.807) is 19.2 Å². The van der Waals surface area contributed by atoms with E-state index in [9.17, 15) is 10.1 Å². The molecule has 54 valence electrons. The van der Waals surface area contributed by atoms with Gasteiger partial charge >= 0.3 is 0 Å². The maximum Gasteiger partial charge on any atom is 0.254 e. The predicted octanol–water partition coefficient (Wildman–Crippen LogP) is 1.01. The molecule has 1 rings (SSSR count). The van der Waals surface area contributed by atoms with Gasteiger partial charge in [0, 0.05) is 17.5 Å². The third kappa shape index (κ3) is 1.21. The number of aliphatic imine (C=N–C) groups is 1. The first-order valence-corrected chi connectivity index (χ1v) is 3.04. The average molecular weight is 140 g/mol. The van der Waals surface area contributed by atoms with Crippen molar-refractivity contribution in [2.45, 2.75) is 19.4 Å². The molecule has 0 aromatic carbocycles. The van der Waals surface area contributed by atoms with Crippen LogP contribution in [0, 0.1) is 10.1 Å². The van der Waals surface area contributed by atoms with E-state index in [1.807, 2.05) is 0 Å². The van der Waals surface area contributed by atoms with Gasteiger partial charge < -0.3 is 0 Å². The maximum absolute atomic E-state index is 10.3. The van der Waals surface area contributed by atoms with E-state index < -0.39 is 6.04 Å². The Morgan fingerprint density at radius 1 is 1.90 bits per heavy atom. The Morgan fingerprint density at radius 2 is 2.60 bits per heavy atom. The highest BCUT2D eigenvalue weighted by Gasteiger charge is 2.23.